The number of carbonyl (C=O) groups excluding carboxylic acids is 2. The number of aliphatic imine (C=N–C) groups is 2. The Bertz CT molecular complexity index is 846. The highest BCUT2D eigenvalue weighted by molar-refractivity contribution is 6.03. The van der Waals surface area contributed by atoms with Gasteiger partial charge in [-0.05, 0) is 77.6 Å². The summed E-state index contributed by atoms with van der Waals surface area (Å²) in [7, 11) is 0. The van der Waals surface area contributed by atoms with Crippen LogP contribution in [0.3, 0.4) is 0 Å². The molecule has 0 spiro atoms. The number of rotatable bonds is 13. The molecule has 0 bridgehead atoms. The van der Waals surface area contributed by atoms with E-state index >= 15 is 0 Å². The minimum Gasteiger partial charge on any atom is -0.299 e. The maximum Gasteiger partial charge on any atom is 0.138 e. The zero-order valence-electron chi connectivity index (χ0n) is 19.6. The summed E-state index contributed by atoms with van der Waals surface area (Å²) in [5.74, 6) is -0.170. The van der Waals surface area contributed by atoms with Gasteiger partial charge in [-0.2, -0.15) is 0 Å². The Morgan fingerprint density at radius 2 is 1.12 bits per heavy atom. The van der Waals surface area contributed by atoms with Crippen molar-refractivity contribution in [2.24, 2.45) is 21.8 Å². The van der Waals surface area contributed by atoms with E-state index in [1.54, 1.807) is 26.2 Å². The van der Waals surface area contributed by atoms with Crippen LogP contribution < -0.4 is 0 Å². The molecule has 0 N–H and O–H groups in total. The molecule has 32 heavy (non-hydrogen) atoms. The van der Waals surface area contributed by atoms with Crippen LogP contribution in [-0.4, -0.2) is 46.0 Å². The second-order valence-corrected chi connectivity index (χ2v) is 8.09. The van der Waals surface area contributed by atoms with E-state index in [4.69, 9.17) is 0 Å². The zero-order valence-corrected chi connectivity index (χ0v) is 19.6. The third-order valence-electron chi connectivity index (χ3n) is 5.64. The van der Waals surface area contributed by atoms with E-state index in [-0.39, 0.29) is 23.4 Å². The van der Waals surface area contributed by atoms with Gasteiger partial charge >= 0.3 is 0 Å². The van der Waals surface area contributed by atoms with Crippen molar-refractivity contribution in [3.05, 3.63) is 60.2 Å². The van der Waals surface area contributed by atoms with Gasteiger partial charge in [0.25, 0.3) is 0 Å². The summed E-state index contributed by atoms with van der Waals surface area (Å²) in [6.07, 6.45) is 6.42. The molecule has 0 aliphatic carbocycles. The molecular weight excluding hydrogens is 400 g/mol. The third kappa shape index (κ3) is 8.61. The maximum absolute atomic E-state index is 12.1. The fraction of sp³-hybridized carbons (Fsp3) is 0.462. The molecule has 2 aromatic rings. The molecule has 2 heterocycles. The number of carbonyl (C=O) groups is 2. The Morgan fingerprint density at radius 1 is 0.719 bits per heavy atom. The molecule has 2 atom stereocenters. The quantitative estimate of drug-likeness (QED) is 0.346. The van der Waals surface area contributed by atoms with Crippen LogP contribution in [0.5, 0.6) is 0 Å². The number of aryl methyl sites for hydroxylation is 2. The Morgan fingerprint density at radius 3 is 1.44 bits per heavy atom. The molecule has 0 aliphatic rings. The van der Waals surface area contributed by atoms with E-state index < -0.39 is 0 Å². The molecule has 0 fully saturated rings. The van der Waals surface area contributed by atoms with Gasteiger partial charge in [-0.3, -0.25) is 29.5 Å². The second-order valence-electron chi connectivity index (χ2n) is 8.09. The van der Waals surface area contributed by atoms with Crippen molar-refractivity contribution in [1.82, 2.24) is 9.97 Å². The van der Waals surface area contributed by atoms with Crippen LogP contribution in [0.4, 0.5) is 0 Å². The summed E-state index contributed by atoms with van der Waals surface area (Å²) < 4.78 is 0. The van der Waals surface area contributed by atoms with Crippen molar-refractivity contribution in [3.63, 3.8) is 0 Å². The van der Waals surface area contributed by atoms with Gasteiger partial charge < -0.3 is 0 Å². The molecule has 0 saturated carbocycles. The van der Waals surface area contributed by atoms with Crippen LogP contribution in [0.15, 0.2) is 58.8 Å². The minimum absolute atomic E-state index is 0.119. The Balaban J connectivity index is 1.89. The molecule has 0 amide bonds. The zero-order chi connectivity index (χ0) is 23.3. The molecule has 0 aliphatic heterocycles. The summed E-state index contributed by atoms with van der Waals surface area (Å²) in [5, 5.41) is 0. The van der Waals surface area contributed by atoms with Crippen molar-refractivity contribution in [3.8, 4) is 0 Å². The molecule has 0 saturated heterocycles. The summed E-state index contributed by atoms with van der Waals surface area (Å²) in [6.45, 7) is 8.05. The summed E-state index contributed by atoms with van der Waals surface area (Å²) in [6, 6.07) is 11.6. The van der Waals surface area contributed by atoms with Crippen LogP contribution in [0.2, 0.25) is 0 Å². The molecule has 0 radical (unpaired) electrons. The van der Waals surface area contributed by atoms with Gasteiger partial charge in [-0.15, -0.1) is 0 Å². The monoisotopic (exact) mass is 434 g/mol. The lowest BCUT2D eigenvalue weighted by atomic mass is 9.93. The van der Waals surface area contributed by atoms with E-state index in [0.29, 0.717) is 25.9 Å². The van der Waals surface area contributed by atoms with Crippen molar-refractivity contribution in [2.75, 3.05) is 13.1 Å². The molecule has 0 aromatic carbocycles. The van der Waals surface area contributed by atoms with Gasteiger partial charge in [-0.25, -0.2) is 0 Å². The smallest absolute Gasteiger partial charge is 0.138 e. The van der Waals surface area contributed by atoms with Crippen molar-refractivity contribution in [1.29, 1.82) is 0 Å². The van der Waals surface area contributed by atoms with Crippen molar-refractivity contribution in [2.45, 2.75) is 53.4 Å². The maximum atomic E-state index is 12.1. The van der Waals surface area contributed by atoms with E-state index in [1.807, 2.05) is 50.2 Å². The Kier molecular flexibility index (Phi) is 10.6. The molecule has 2 rings (SSSR count). The second kappa shape index (κ2) is 13.4. The van der Waals surface area contributed by atoms with Gasteiger partial charge in [0, 0.05) is 35.2 Å². The molecular formula is C26H34N4O2. The van der Waals surface area contributed by atoms with Crippen molar-refractivity contribution >= 4 is 23.0 Å². The highest BCUT2D eigenvalue weighted by atomic mass is 16.1. The average molecular weight is 435 g/mol. The first-order valence-electron chi connectivity index (χ1n) is 11.2. The van der Waals surface area contributed by atoms with Crippen molar-refractivity contribution < 1.29 is 9.59 Å². The molecule has 2 aromatic heterocycles. The topological polar surface area (TPSA) is 84.6 Å². The Labute approximate surface area is 191 Å². The molecule has 6 heteroatoms. The third-order valence-corrected chi connectivity index (χ3v) is 5.64. The lowest BCUT2D eigenvalue weighted by molar-refractivity contribution is -0.119. The number of nitrogens with zero attached hydrogens (tertiary/aromatic N) is 4. The van der Waals surface area contributed by atoms with E-state index in [1.165, 1.54) is 0 Å². The summed E-state index contributed by atoms with van der Waals surface area (Å²) >= 11 is 0. The summed E-state index contributed by atoms with van der Waals surface area (Å²) in [5.41, 5.74) is 3.62. The lowest BCUT2D eigenvalue weighted by Gasteiger charge is -2.14. The molecule has 2 unspecified atom stereocenters. The number of ketones is 2. The van der Waals surface area contributed by atoms with Gasteiger partial charge in [0.15, 0.2) is 0 Å². The lowest BCUT2D eigenvalue weighted by Crippen LogP contribution is -2.22. The number of Topliss-reactive ketones (excluding diaryl/α,β-unsaturated/α-hetero) is 2. The molecule has 170 valence electrons. The first-order valence-corrected chi connectivity index (χ1v) is 11.2. The minimum atomic E-state index is -0.203. The van der Waals surface area contributed by atoms with E-state index in [9.17, 15) is 9.59 Å². The van der Waals surface area contributed by atoms with Gasteiger partial charge in [0.2, 0.25) is 0 Å². The van der Waals surface area contributed by atoms with Crippen LogP contribution in [-0.2, 0) is 22.4 Å². The highest BCUT2D eigenvalue weighted by Gasteiger charge is 2.19. The normalized spacial score (nSPS) is 14.1. The fourth-order valence-electron chi connectivity index (χ4n) is 3.76. The van der Waals surface area contributed by atoms with E-state index in [0.717, 1.165) is 35.7 Å². The van der Waals surface area contributed by atoms with Crippen LogP contribution in [0, 0.1) is 11.8 Å². The fourth-order valence-corrected chi connectivity index (χ4v) is 3.76. The van der Waals surface area contributed by atoms with Gasteiger partial charge in [0.05, 0.1) is 24.9 Å². The predicted molar refractivity (Wildman–Crippen MR) is 129 cm³/mol. The first-order chi connectivity index (χ1) is 15.4. The van der Waals surface area contributed by atoms with Crippen LogP contribution in [0.1, 0.15) is 51.9 Å². The molecule has 6 nitrogen and oxygen atoms in total. The Hall–Kier alpha value is -3.02. The number of hydrogen-bond donors (Lipinski definition) is 0. The average Bonchev–Trinajstić information content (AvgIpc) is 2.78. The largest absolute Gasteiger partial charge is 0.299 e. The SMILES string of the molecule is CC(=O)C(CCc1ccccn1)C(C)=NCCN=C(C)C(CCc1ccccn1)C(C)=O. The van der Waals surface area contributed by atoms with E-state index in [2.05, 4.69) is 20.0 Å². The van der Waals surface area contributed by atoms with Crippen LogP contribution in [0.25, 0.3) is 0 Å². The highest BCUT2D eigenvalue weighted by Crippen LogP contribution is 2.14. The summed E-state index contributed by atoms with van der Waals surface area (Å²) in [4.78, 5) is 42.1. The number of aromatic nitrogens is 2. The standard InChI is InChI=1S/C26H34N4O2/c1-19(25(21(3)31)13-11-23-9-5-7-15-29-23)27-17-18-28-20(2)26(22(4)32)14-12-24-10-6-8-16-30-24/h5-10,15-16,25-26H,11-14,17-18H2,1-4H3. The predicted octanol–water partition coefficient (Wildman–Crippen LogP) is 4.37. The first kappa shape index (κ1) is 25.2. The van der Waals surface area contributed by atoms with Gasteiger partial charge in [0.1, 0.15) is 11.6 Å². The van der Waals surface area contributed by atoms with Crippen LogP contribution >= 0.6 is 0 Å². The van der Waals surface area contributed by atoms with Gasteiger partial charge in [-0.1, -0.05) is 12.1 Å². The number of pyridine rings is 2. The number of hydrogen-bond acceptors (Lipinski definition) is 6.